The molecule has 1 aromatic carbocycles. The van der Waals surface area contributed by atoms with Crippen molar-refractivity contribution in [3.05, 3.63) is 50.6 Å². The minimum atomic E-state index is -0.367. The van der Waals surface area contributed by atoms with E-state index in [-0.39, 0.29) is 36.9 Å². The lowest BCUT2D eigenvalue weighted by Gasteiger charge is -2.12. The summed E-state index contributed by atoms with van der Waals surface area (Å²) in [5.41, 5.74) is 0.746. The Bertz CT molecular complexity index is 998. The Hall–Kier alpha value is -2.78. The number of ether oxygens (including phenoxy) is 2. The minimum Gasteiger partial charge on any atom is -0.454 e. The Morgan fingerprint density at radius 2 is 2.04 bits per heavy atom. The number of imide groups is 1. The fourth-order valence-electron chi connectivity index (χ4n) is 2.77. The highest BCUT2D eigenvalue weighted by atomic mass is 32.2. The average molecular weight is 416 g/mol. The maximum absolute atomic E-state index is 12.6. The van der Waals surface area contributed by atoms with Crippen LogP contribution >= 0.6 is 23.1 Å². The van der Waals surface area contributed by atoms with Gasteiger partial charge in [-0.25, -0.2) is 0 Å². The smallest absolute Gasteiger partial charge is 0.293 e. The van der Waals surface area contributed by atoms with Crippen molar-refractivity contribution < 1.29 is 23.9 Å². The number of rotatable bonds is 5. The standard InChI is InChI=1S/C19H16N2O5S2/c1-11-2-5-15(27-11)17(22)20-6-7-21-18(23)16(28-19(21)24)9-12-3-4-13-14(8-12)26-10-25-13/h2-5,8-9H,6-7,10H2,1H3,(H,20,22)/b16-9-. The first-order chi connectivity index (χ1) is 13.5. The van der Waals surface area contributed by atoms with Crippen molar-refractivity contribution in [2.75, 3.05) is 19.9 Å². The van der Waals surface area contributed by atoms with Crippen LogP contribution < -0.4 is 14.8 Å². The molecule has 3 amide bonds. The summed E-state index contributed by atoms with van der Waals surface area (Å²) in [5.74, 6) is 0.691. The molecule has 2 aliphatic heterocycles. The van der Waals surface area contributed by atoms with Crippen LogP contribution in [0.2, 0.25) is 0 Å². The van der Waals surface area contributed by atoms with Gasteiger partial charge in [0, 0.05) is 18.0 Å². The number of thiophene rings is 1. The molecule has 1 fully saturated rings. The van der Waals surface area contributed by atoms with Crippen molar-refractivity contribution in [3.63, 3.8) is 0 Å². The second-order valence-electron chi connectivity index (χ2n) is 6.11. The summed E-state index contributed by atoms with van der Waals surface area (Å²) in [7, 11) is 0. The number of hydrogen-bond donors (Lipinski definition) is 1. The van der Waals surface area contributed by atoms with Gasteiger partial charge in [-0.3, -0.25) is 19.3 Å². The van der Waals surface area contributed by atoms with Gasteiger partial charge in [-0.1, -0.05) is 6.07 Å². The third kappa shape index (κ3) is 3.76. The maximum Gasteiger partial charge on any atom is 0.293 e. The molecule has 0 spiro atoms. The van der Waals surface area contributed by atoms with Crippen molar-refractivity contribution >= 4 is 46.2 Å². The number of amides is 3. The number of nitrogens with zero attached hydrogens (tertiary/aromatic N) is 1. The molecule has 0 unspecified atom stereocenters. The van der Waals surface area contributed by atoms with E-state index in [0.717, 1.165) is 27.1 Å². The lowest BCUT2D eigenvalue weighted by Crippen LogP contribution is -2.37. The first-order valence-corrected chi connectivity index (χ1v) is 10.1. The molecule has 1 aromatic heterocycles. The molecule has 1 N–H and O–H groups in total. The van der Waals surface area contributed by atoms with Gasteiger partial charge in [0.1, 0.15) is 0 Å². The Morgan fingerprint density at radius 1 is 1.21 bits per heavy atom. The van der Waals surface area contributed by atoms with Gasteiger partial charge in [0.2, 0.25) is 6.79 Å². The second-order valence-corrected chi connectivity index (χ2v) is 8.39. The van der Waals surface area contributed by atoms with Gasteiger partial charge < -0.3 is 14.8 Å². The van der Waals surface area contributed by atoms with E-state index in [4.69, 9.17) is 9.47 Å². The maximum atomic E-state index is 12.6. The quantitative estimate of drug-likeness (QED) is 0.753. The number of thioether (sulfide) groups is 1. The minimum absolute atomic E-state index is 0.124. The molecular weight excluding hydrogens is 400 g/mol. The number of fused-ring (bicyclic) bond motifs is 1. The molecule has 2 aliphatic rings. The summed E-state index contributed by atoms with van der Waals surface area (Å²) >= 11 is 2.28. The number of carbonyl (C=O) groups excluding carboxylic acids is 3. The second kappa shape index (κ2) is 7.69. The van der Waals surface area contributed by atoms with Crippen LogP contribution in [0, 0.1) is 6.92 Å². The van der Waals surface area contributed by atoms with Crippen LogP contribution in [0.1, 0.15) is 20.1 Å². The highest BCUT2D eigenvalue weighted by Gasteiger charge is 2.34. The number of hydrogen-bond acceptors (Lipinski definition) is 7. The zero-order chi connectivity index (χ0) is 19.7. The van der Waals surface area contributed by atoms with E-state index in [9.17, 15) is 14.4 Å². The van der Waals surface area contributed by atoms with Crippen LogP contribution in [-0.2, 0) is 4.79 Å². The van der Waals surface area contributed by atoms with Crippen LogP contribution in [0.3, 0.4) is 0 Å². The van der Waals surface area contributed by atoms with E-state index in [1.807, 2.05) is 13.0 Å². The lowest BCUT2D eigenvalue weighted by atomic mass is 10.2. The Morgan fingerprint density at radius 3 is 2.82 bits per heavy atom. The summed E-state index contributed by atoms with van der Waals surface area (Å²) in [6.07, 6.45) is 1.65. The fraction of sp³-hybridized carbons (Fsp3) is 0.211. The first kappa shape index (κ1) is 18.6. The molecule has 0 radical (unpaired) electrons. The van der Waals surface area contributed by atoms with Crippen molar-refractivity contribution in [1.29, 1.82) is 0 Å². The summed E-state index contributed by atoms with van der Waals surface area (Å²) in [5, 5.41) is 2.39. The van der Waals surface area contributed by atoms with Gasteiger partial charge in [0.15, 0.2) is 11.5 Å². The van der Waals surface area contributed by atoms with Gasteiger partial charge in [-0.15, -0.1) is 11.3 Å². The van der Waals surface area contributed by atoms with Gasteiger partial charge in [0.05, 0.1) is 9.78 Å². The molecule has 9 heteroatoms. The monoisotopic (exact) mass is 416 g/mol. The molecule has 0 saturated carbocycles. The Balaban J connectivity index is 1.38. The summed E-state index contributed by atoms with van der Waals surface area (Å²) < 4.78 is 10.6. The highest BCUT2D eigenvalue weighted by Crippen LogP contribution is 2.36. The molecule has 0 atom stereocenters. The van der Waals surface area contributed by atoms with Crippen molar-refractivity contribution in [2.45, 2.75) is 6.92 Å². The molecule has 2 aromatic rings. The van der Waals surface area contributed by atoms with E-state index in [2.05, 4.69) is 5.32 Å². The fourth-order valence-corrected chi connectivity index (χ4v) is 4.42. The highest BCUT2D eigenvalue weighted by molar-refractivity contribution is 8.18. The predicted octanol–water partition coefficient (Wildman–Crippen LogP) is 3.25. The molecule has 144 valence electrons. The number of aryl methyl sites for hydroxylation is 1. The zero-order valence-electron chi connectivity index (χ0n) is 14.9. The lowest BCUT2D eigenvalue weighted by molar-refractivity contribution is -0.122. The van der Waals surface area contributed by atoms with Crippen molar-refractivity contribution in [2.24, 2.45) is 0 Å². The van der Waals surface area contributed by atoms with Crippen LogP contribution in [-0.4, -0.2) is 41.8 Å². The molecule has 0 aliphatic carbocycles. The summed E-state index contributed by atoms with van der Waals surface area (Å²) in [6, 6.07) is 8.95. The van der Waals surface area contributed by atoms with Crippen molar-refractivity contribution in [1.82, 2.24) is 10.2 Å². The van der Waals surface area contributed by atoms with Gasteiger partial charge in [-0.05, 0) is 54.6 Å². The van der Waals surface area contributed by atoms with E-state index in [1.165, 1.54) is 11.3 Å². The Kier molecular flexibility index (Phi) is 5.10. The normalized spacial score (nSPS) is 16.9. The zero-order valence-corrected chi connectivity index (χ0v) is 16.5. The summed E-state index contributed by atoms with van der Waals surface area (Å²) in [6.45, 7) is 2.42. The van der Waals surface area contributed by atoms with E-state index in [0.29, 0.717) is 21.3 Å². The van der Waals surface area contributed by atoms with Gasteiger partial charge in [-0.2, -0.15) is 0 Å². The molecule has 28 heavy (non-hydrogen) atoms. The number of nitrogens with one attached hydrogen (secondary N) is 1. The van der Waals surface area contributed by atoms with Crippen LogP contribution in [0.5, 0.6) is 11.5 Å². The first-order valence-electron chi connectivity index (χ1n) is 8.51. The number of benzene rings is 1. The van der Waals surface area contributed by atoms with E-state index < -0.39 is 0 Å². The van der Waals surface area contributed by atoms with Gasteiger partial charge >= 0.3 is 0 Å². The Labute approximate surface area is 169 Å². The molecule has 7 nitrogen and oxygen atoms in total. The van der Waals surface area contributed by atoms with Gasteiger partial charge in [0.25, 0.3) is 17.1 Å². The molecule has 0 bridgehead atoms. The molecular formula is C19H16N2O5S2. The van der Waals surface area contributed by atoms with Crippen molar-refractivity contribution in [3.8, 4) is 11.5 Å². The van der Waals surface area contributed by atoms with Crippen LogP contribution in [0.25, 0.3) is 6.08 Å². The molecule has 3 heterocycles. The average Bonchev–Trinajstić information content (AvgIpc) is 3.37. The number of carbonyl (C=O) groups is 3. The van der Waals surface area contributed by atoms with E-state index in [1.54, 1.807) is 30.3 Å². The third-order valence-corrected chi connectivity index (χ3v) is 6.06. The SMILES string of the molecule is Cc1ccc(C(=O)NCCN2C(=O)S/C(=C\c3ccc4c(c3)OCO4)C2=O)s1. The van der Waals surface area contributed by atoms with E-state index >= 15 is 0 Å². The predicted molar refractivity (Wildman–Crippen MR) is 107 cm³/mol. The summed E-state index contributed by atoms with van der Waals surface area (Å²) in [4.78, 5) is 39.9. The van der Waals surface area contributed by atoms with Crippen LogP contribution in [0.15, 0.2) is 35.2 Å². The third-order valence-electron chi connectivity index (χ3n) is 4.15. The molecule has 1 saturated heterocycles. The largest absolute Gasteiger partial charge is 0.454 e. The van der Waals surface area contributed by atoms with Crippen LogP contribution in [0.4, 0.5) is 4.79 Å². The molecule has 4 rings (SSSR count). The topological polar surface area (TPSA) is 84.9 Å².